The molecule has 0 bridgehead atoms. The molecular formula is C13H18N2O3. The minimum absolute atomic E-state index is 0.0764. The maximum atomic E-state index is 11.2. The fourth-order valence-electron chi connectivity index (χ4n) is 1.84. The van der Waals surface area contributed by atoms with Crippen molar-refractivity contribution in [1.82, 2.24) is 5.32 Å². The number of fused-ring (bicyclic) bond motifs is 1. The quantitative estimate of drug-likeness (QED) is 0.725. The van der Waals surface area contributed by atoms with Crippen molar-refractivity contribution in [3.8, 4) is 5.75 Å². The van der Waals surface area contributed by atoms with Crippen LogP contribution in [0, 0.1) is 0 Å². The van der Waals surface area contributed by atoms with Crippen LogP contribution in [0.4, 0.5) is 5.69 Å². The summed E-state index contributed by atoms with van der Waals surface area (Å²) in [4.78, 5) is 11.2. The van der Waals surface area contributed by atoms with E-state index >= 15 is 0 Å². The predicted octanol–water partition coefficient (Wildman–Crippen LogP) is 0.878. The number of benzene rings is 1. The molecule has 5 heteroatoms. The molecule has 0 radical (unpaired) electrons. The van der Waals surface area contributed by atoms with Gasteiger partial charge in [0, 0.05) is 12.6 Å². The van der Waals surface area contributed by atoms with E-state index in [1.54, 1.807) is 0 Å². The van der Waals surface area contributed by atoms with E-state index in [2.05, 4.69) is 10.6 Å². The van der Waals surface area contributed by atoms with Crippen LogP contribution in [0.2, 0.25) is 0 Å². The molecule has 1 amide bonds. The van der Waals surface area contributed by atoms with Crippen LogP contribution < -0.4 is 15.4 Å². The van der Waals surface area contributed by atoms with Crippen LogP contribution in [0.3, 0.4) is 0 Å². The van der Waals surface area contributed by atoms with E-state index < -0.39 is 0 Å². The van der Waals surface area contributed by atoms with Crippen LogP contribution in [0.5, 0.6) is 5.75 Å². The summed E-state index contributed by atoms with van der Waals surface area (Å²) in [5, 5.41) is 15.1. The van der Waals surface area contributed by atoms with E-state index in [-0.39, 0.29) is 25.2 Å². The van der Waals surface area contributed by atoms with Crippen LogP contribution in [0.15, 0.2) is 18.2 Å². The Balaban J connectivity index is 2.02. The number of nitrogens with one attached hydrogen (secondary N) is 2. The molecule has 0 unspecified atom stereocenters. The molecule has 0 aliphatic carbocycles. The van der Waals surface area contributed by atoms with Gasteiger partial charge in [0.05, 0.1) is 12.3 Å². The average Bonchev–Trinajstić information content (AvgIpc) is 2.39. The lowest BCUT2D eigenvalue weighted by Gasteiger charge is -2.19. The molecule has 98 valence electrons. The molecular weight excluding hydrogens is 232 g/mol. The number of ether oxygens (including phenoxy) is 1. The first kappa shape index (κ1) is 12.9. The zero-order chi connectivity index (χ0) is 13.0. The summed E-state index contributed by atoms with van der Waals surface area (Å²) < 4.78 is 5.29. The molecule has 2 rings (SSSR count). The Morgan fingerprint density at radius 2 is 2.39 bits per heavy atom. The van der Waals surface area contributed by atoms with Gasteiger partial charge in [0.1, 0.15) is 5.75 Å². The minimum Gasteiger partial charge on any atom is -0.482 e. The van der Waals surface area contributed by atoms with Gasteiger partial charge in [-0.1, -0.05) is 13.0 Å². The van der Waals surface area contributed by atoms with E-state index in [0.29, 0.717) is 18.0 Å². The summed E-state index contributed by atoms with van der Waals surface area (Å²) in [6.45, 7) is 2.88. The van der Waals surface area contributed by atoms with Gasteiger partial charge < -0.3 is 20.5 Å². The highest BCUT2D eigenvalue weighted by atomic mass is 16.5. The second-order valence-electron chi connectivity index (χ2n) is 4.34. The molecule has 5 nitrogen and oxygen atoms in total. The Morgan fingerprint density at radius 3 is 3.11 bits per heavy atom. The largest absolute Gasteiger partial charge is 0.482 e. The number of aliphatic hydroxyl groups excluding tert-OH is 1. The topological polar surface area (TPSA) is 70.6 Å². The van der Waals surface area contributed by atoms with E-state index in [1.807, 2.05) is 25.1 Å². The molecule has 0 fully saturated rings. The molecule has 18 heavy (non-hydrogen) atoms. The lowest BCUT2D eigenvalue weighted by Crippen LogP contribution is -2.31. The molecule has 1 aliphatic heterocycles. The number of carbonyl (C=O) groups is 1. The zero-order valence-corrected chi connectivity index (χ0v) is 10.4. The molecule has 1 atom stereocenters. The van der Waals surface area contributed by atoms with Crippen molar-refractivity contribution in [2.24, 2.45) is 0 Å². The van der Waals surface area contributed by atoms with Gasteiger partial charge in [0.2, 0.25) is 0 Å². The number of anilines is 1. The molecule has 1 aromatic rings. The first-order valence-corrected chi connectivity index (χ1v) is 6.12. The SMILES string of the molecule is CC[C@@H](CO)NCc1ccc2c(c1)NC(=O)CO2. The maximum absolute atomic E-state index is 11.2. The highest BCUT2D eigenvalue weighted by Gasteiger charge is 2.15. The summed E-state index contributed by atoms with van der Waals surface area (Å²) in [6.07, 6.45) is 0.876. The number of amides is 1. The monoisotopic (exact) mass is 250 g/mol. The number of rotatable bonds is 5. The average molecular weight is 250 g/mol. The van der Waals surface area contributed by atoms with Crippen molar-refractivity contribution in [3.05, 3.63) is 23.8 Å². The van der Waals surface area contributed by atoms with Gasteiger partial charge in [-0.3, -0.25) is 4.79 Å². The Labute approximate surface area is 106 Å². The van der Waals surface area contributed by atoms with Crippen LogP contribution in [-0.4, -0.2) is 30.3 Å². The normalized spacial score (nSPS) is 15.6. The van der Waals surface area contributed by atoms with Crippen LogP contribution in [-0.2, 0) is 11.3 Å². The van der Waals surface area contributed by atoms with Gasteiger partial charge in [-0.2, -0.15) is 0 Å². The highest BCUT2D eigenvalue weighted by molar-refractivity contribution is 5.95. The number of hydrogen-bond donors (Lipinski definition) is 3. The molecule has 0 aromatic heterocycles. The van der Waals surface area contributed by atoms with Crippen LogP contribution >= 0.6 is 0 Å². The number of aliphatic hydroxyl groups is 1. The van der Waals surface area contributed by atoms with Crippen LogP contribution in [0.1, 0.15) is 18.9 Å². The predicted molar refractivity (Wildman–Crippen MR) is 68.6 cm³/mol. The molecule has 1 aromatic carbocycles. The number of carbonyl (C=O) groups excluding carboxylic acids is 1. The first-order chi connectivity index (χ1) is 8.72. The van der Waals surface area contributed by atoms with E-state index in [9.17, 15) is 4.79 Å². The molecule has 0 saturated heterocycles. The Bertz CT molecular complexity index is 430. The second-order valence-corrected chi connectivity index (χ2v) is 4.34. The third kappa shape index (κ3) is 3.00. The van der Waals surface area contributed by atoms with Gasteiger partial charge in [0.25, 0.3) is 5.91 Å². The summed E-state index contributed by atoms with van der Waals surface area (Å²) >= 11 is 0. The van der Waals surface area contributed by atoms with Gasteiger partial charge in [-0.25, -0.2) is 0 Å². The lowest BCUT2D eigenvalue weighted by molar-refractivity contribution is -0.118. The van der Waals surface area contributed by atoms with Gasteiger partial charge in [-0.15, -0.1) is 0 Å². The fraction of sp³-hybridized carbons (Fsp3) is 0.462. The minimum atomic E-state index is -0.130. The maximum Gasteiger partial charge on any atom is 0.262 e. The van der Waals surface area contributed by atoms with Gasteiger partial charge >= 0.3 is 0 Å². The second kappa shape index (κ2) is 5.84. The Kier molecular flexibility index (Phi) is 4.17. The molecule has 0 saturated carbocycles. The zero-order valence-electron chi connectivity index (χ0n) is 10.4. The Hall–Kier alpha value is -1.59. The summed E-state index contributed by atoms with van der Waals surface area (Å²) in [5.41, 5.74) is 1.76. The molecule has 3 N–H and O–H groups in total. The molecule has 0 spiro atoms. The number of hydrogen-bond acceptors (Lipinski definition) is 4. The van der Waals surface area contributed by atoms with E-state index in [1.165, 1.54) is 0 Å². The summed E-state index contributed by atoms with van der Waals surface area (Å²) in [6, 6.07) is 5.80. The van der Waals surface area contributed by atoms with E-state index in [4.69, 9.17) is 9.84 Å². The van der Waals surface area contributed by atoms with Crippen molar-refractivity contribution in [3.63, 3.8) is 0 Å². The smallest absolute Gasteiger partial charge is 0.262 e. The molecule has 1 heterocycles. The highest BCUT2D eigenvalue weighted by Crippen LogP contribution is 2.28. The standard InChI is InChI=1S/C13H18N2O3/c1-2-10(7-16)14-6-9-3-4-12-11(5-9)15-13(17)8-18-12/h3-5,10,14,16H,2,6-8H2,1H3,(H,15,17)/t10-/m0/s1. The first-order valence-electron chi connectivity index (χ1n) is 6.12. The molecule has 1 aliphatic rings. The van der Waals surface area contributed by atoms with Crippen molar-refractivity contribution < 1.29 is 14.6 Å². The van der Waals surface area contributed by atoms with Crippen LogP contribution in [0.25, 0.3) is 0 Å². The van der Waals surface area contributed by atoms with Gasteiger partial charge in [0.15, 0.2) is 6.61 Å². The van der Waals surface area contributed by atoms with E-state index in [0.717, 1.165) is 12.0 Å². The fourth-order valence-corrected chi connectivity index (χ4v) is 1.84. The van der Waals surface area contributed by atoms with Crippen molar-refractivity contribution in [1.29, 1.82) is 0 Å². The van der Waals surface area contributed by atoms with Crippen molar-refractivity contribution >= 4 is 11.6 Å². The third-order valence-corrected chi connectivity index (χ3v) is 2.98. The van der Waals surface area contributed by atoms with Gasteiger partial charge in [-0.05, 0) is 24.1 Å². The lowest BCUT2D eigenvalue weighted by atomic mass is 10.1. The summed E-state index contributed by atoms with van der Waals surface area (Å²) in [7, 11) is 0. The summed E-state index contributed by atoms with van der Waals surface area (Å²) in [5.74, 6) is 0.571. The van der Waals surface area contributed by atoms with Crippen molar-refractivity contribution in [2.45, 2.75) is 25.9 Å². The third-order valence-electron chi connectivity index (χ3n) is 2.98. The Morgan fingerprint density at radius 1 is 1.56 bits per heavy atom. The van der Waals surface area contributed by atoms with Crippen molar-refractivity contribution in [2.75, 3.05) is 18.5 Å².